The number of ether oxygens (including phenoxy) is 1. The van der Waals surface area contributed by atoms with Crippen molar-refractivity contribution >= 4 is 23.4 Å². The minimum atomic E-state index is -1.09. The molecular weight excluding hydrogens is 410 g/mol. The summed E-state index contributed by atoms with van der Waals surface area (Å²) in [6.07, 6.45) is 1.59. The van der Waals surface area contributed by atoms with Gasteiger partial charge >= 0.3 is 0 Å². The van der Waals surface area contributed by atoms with Crippen molar-refractivity contribution in [3.63, 3.8) is 0 Å². The van der Waals surface area contributed by atoms with E-state index in [-0.39, 0.29) is 24.3 Å². The van der Waals surface area contributed by atoms with Crippen LogP contribution in [0.4, 0.5) is 5.69 Å². The van der Waals surface area contributed by atoms with Crippen molar-refractivity contribution in [2.24, 2.45) is 11.8 Å². The van der Waals surface area contributed by atoms with Gasteiger partial charge in [-0.2, -0.15) is 0 Å². The van der Waals surface area contributed by atoms with Crippen LogP contribution in [-0.4, -0.2) is 64.7 Å². The van der Waals surface area contributed by atoms with E-state index < -0.39 is 35.1 Å². The van der Waals surface area contributed by atoms with Crippen molar-refractivity contribution in [2.45, 2.75) is 70.2 Å². The van der Waals surface area contributed by atoms with E-state index in [1.54, 1.807) is 7.05 Å². The van der Waals surface area contributed by atoms with Crippen LogP contribution in [0.3, 0.4) is 0 Å². The van der Waals surface area contributed by atoms with Gasteiger partial charge in [0.2, 0.25) is 17.7 Å². The number of nitrogens with one attached hydrogen (secondary N) is 2. The Morgan fingerprint density at radius 3 is 2.62 bits per heavy atom. The van der Waals surface area contributed by atoms with Crippen molar-refractivity contribution < 1.29 is 24.2 Å². The maximum atomic E-state index is 13.8. The second-order valence-electron chi connectivity index (χ2n) is 9.64. The number of anilines is 1. The smallest absolute Gasteiger partial charge is 0.250 e. The standard InChI is InChI=1S/C24H33N3O5/c1-6-15(12-28)27-19(21(30)26-16-11-13(2)7-8-14(16)3)24-10-9-23(4,32-24)17(20(29)25-5)18(24)22(27)31/h7-8,11,15,17-19,28H,6,9-10,12H2,1-5H3,(H,25,29)(H,26,30)/t15-,17+,18-,19?,23-,24?/m0/s1. The number of aliphatic hydroxyl groups excluding tert-OH is 1. The third-order valence-corrected chi connectivity index (χ3v) is 7.72. The van der Waals surface area contributed by atoms with Crippen LogP contribution < -0.4 is 10.6 Å². The van der Waals surface area contributed by atoms with Gasteiger partial charge in [0.05, 0.1) is 30.1 Å². The zero-order chi connectivity index (χ0) is 23.4. The Morgan fingerprint density at radius 2 is 2.00 bits per heavy atom. The molecule has 174 valence electrons. The number of benzene rings is 1. The molecule has 4 rings (SSSR count). The monoisotopic (exact) mass is 443 g/mol. The molecule has 3 heterocycles. The number of aliphatic hydroxyl groups is 1. The van der Waals surface area contributed by atoms with E-state index in [4.69, 9.17) is 4.74 Å². The highest BCUT2D eigenvalue weighted by atomic mass is 16.5. The Balaban J connectivity index is 1.79. The van der Waals surface area contributed by atoms with Crippen molar-refractivity contribution in [1.29, 1.82) is 0 Å². The number of carbonyl (C=O) groups is 3. The van der Waals surface area contributed by atoms with E-state index in [0.29, 0.717) is 24.9 Å². The van der Waals surface area contributed by atoms with Crippen LogP contribution in [-0.2, 0) is 19.1 Å². The van der Waals surface area contributed by atoms with Crippen molar-refractivity contribution in [3.8, 4) is 0 Å². The van der Waals surface area contributed by atoms with Gasteiger partial charge in [-0.3, -0.25) is 14.4 Å². The molecule has 1 aromatic carbocycles. The fraction of sp³-hybridized carbons (Fsp3) is 0.625. The van der Waals surface area contributed by atoms with Gasteiger partial charge in [0.25, 0.3) is 0 Å². The van der Waals surface area contributed by atoms with Gasteiger partial charge in [0.15, 0.2) is 0 Å². The third kappa shape index (κ3) is 3.07. The Kier molecular flexibility index (Phi) is 5.57. The average Bonchev–Trinajstić information content (AvgIpc) is 3.32. The van der Waals surface area contributed by atoms with Crippen LogP contribution in [0.15, 0.2) is 18.2 Å². The summed E-state index contributed by atoms with van der Waals surface area (Å²) in [5.74, 6) is -2.31. The summed E-state index contributed by atoms with van der Waals surface area (Å²) >= 11 is 0. The van der Waals surface area contributed by atoms with Crippen LogP contribution in [0.25, 0.3) is 0 Å². The predicted molar refractivity (Wildman–Crippen MR) is 119 cm³/mol. The largest absolute Gasteiger partial charge is 0.394 e. The summed E-state index contributed by atoms with van der Waals surface area (Å²) in [5.41, 5.74) is 0.711. The molecule has 2 unspecified atom stereocenters. The maximum absolute atomic E-state index is 13.8. The van der Waals surface area contributed by atoms with Crippen LogP contribution in [0.1, 0.15) is 44.2 Å². The molecule has 8 heteroatoms. The normalized spacial score (nSPS) is 33.9. The first kappa shape index (κ1) is 22.7. The second-order valence-corrected chi connectivity index (χ2v) is 9.64. The molecule has 1 aromatic rings. The first-order chi connectivity index (χ1) is 15.1. The fourth-order valence-corrected chi connectivity index (χ4v) is 6.10. The van der Waals surface area contributed by atoms with E-state index in [0.717, 1.165) is 11.1 Å². The summed E-state index contributed by atoms with van der Waals surface area (Å²) < 4.78 is 6.51. The zero-order valence-electron chi connectivity index (χ0n) is 19.4. The lowest BCUT2D eigenvalue weighted by Gasteiger charge is -2.36. The van der Waals surface area contributed by atoms with Gasteiger partial charge in [-0.15, -0.1) is 0 Å². The lowest BCUT2D eigenvalue weighted by Crippen LogP contribution is -2.56. The van der Waals surface area contributed by atoms with Gasteiger partial charge in [0, 0.05) is 12.7 Å². The summed E-state index contributed by atoms with van der Waals surface area (Å²) in [6.45, 7) is 7.33. The number of fused-ring (bicyclic) bond motifs is 1. The van der Waals surface area contributed by atoms with Crippen molar-refractivity contribution in [1.82, 2.24) is 10.2 Å². The Morgan fingerprint density at radius 1 is 1.28 bits per heavy atom. The number of hydrogen-bond donors (Lipinski definition) is 3. The number of likely N-dealkylation sites (tertiary alicyclic amines) is 1. The molecule has 2 bridgehead atoms. The number of amides is 3. The number of rotatable bonds is 6. The van der Waals surface area contributed by atoms with Crippen LogP contribution >= 0.6 is 0 Å². The molecule has 3 aliphatic rings. The van der Waals surface area contributed by atoms with Crippen LogP contribution in [0, 0.1) is 25.7 Å². The molecule has 32 heavy (non-hydrogen) atoms. The quantitative estimate of drug-likeness (QED) is 0.618. The summed E-state index contributed by atoms with van der Waals surface area (Å²) in [5, 5.41) is 15.7. The van der Waals surface area contributed by atoms with Gasteiger partial charge < -0.3 is 25.4 Å². The fourth-order valence-electron chi connectivity index (χ4n) is 6.10. The summed E-state index contributed by atoms with van der Waals surface area (Å²) in [6, 6.07) is 4.35. The number of aryl methyl sites for hydroxylation is 2. The van der Waals surface area contributed by atoms with E-state index in [9.17, 15) is 19.5 Å². The molecule has 3 aliphatic heterocycles. The highest BCUT2D eigenvalue weighted by Crippen LogP contribution is 2.63. The predicted octanol–water partition coefficient (Wildman–Crippen LogP) is 1.52. The highest BCUT2D eigenvalue weighted by Gasteiger charge is 2.78. The Bertz CT molecular complexity index is 961. The lowest BCUT2D eigenvalue weighted by atomic mass is 9.66. The first-order valence-corrected chi connectivity index (χ1v) is 11.4. The van der Waals surface area contributed by atoms with Gasteiger partial charge in [-0.05, 0) is 57.2 Å². The lowest BCUT2D eigenvalue weighted by molar-refractivity contribution is -0.147. The van der Waals surface area contributed by atoms with E-state index in [1.807, 2.05) is 45.9 Å². The number of hydrogen-bond acceptors (Lipinski definition) is 5. The molecule has 0 aliphatic carbocycles. The molecule has 3 saturated heterocycles. The van der Waals surface area contributed by atoms with Crippen LogP contribution in [0.5, 0.6) is 0 Å². The zero-order valence-corrected chi connectivity index (χ0v) is 19.4. The second kappa shape index (κ2) is 7.85. The van der Waals surface area contributed by atoms with E-state index in [1.165, 1.54) is 4.90 Å². The number of nitrogens with zero attached hydrogens (tertiary/aromatic N) is 1. The molecule has 8 nitrogen and oxygen atoms in total. The Labute approximate surface area is 188 Å². The van der Waals surface area contributed by atoms with E-state index in [2.05, 4.69) is 10.6 Å². The minimum Gasteiger partial charge on any atom is -0.394 e. The molecule has 0 radical (unpaired) electrons. The topological polar surface area (TPSA) is 108 Å². The molecular formula is C24H33N3O5. The molecule has 6 atom stereocenters. The summed E-state index contributed by atoms with van der Waals surface area (Å²) in [4.78, 5) is 41.9. The molecule has 3 amide bonds. The molecule has 0 aromatic heterocycles. The first-order valence-electron chi connectivity index (χ1n) is 11.4. The molecule has 1 spiro atoms. The van der Waals surface area contributed by atoms with Crippen molar-refractivity contribution in [3.05, 3.63) is 29.3 Å². The third-order valence-electron chi connectivity index (χ3n) is 7.72. The molecule has 0 saturated carbocycles. The highest BCUT2D eigenvalue weighted by molar-refractivity contribution is 6.04. The summed E-state index contributed by atoms with van der Waals surface area (Å²) in [7, 11) is 1.55. The Hall–Kier alpha value is -2.45. The maximum Gasteiger partial charge on any atom is 0.250 e. The van der Waals surface area contributed by atoms with Crippen LogP contribution in [0.2, 0.25) is 0 Å². The SMILES string of the molecule is CC[C@@H](CO)N1C(=O)[C@@H]2[C@H](C(=O)NC)[C@]3(C)CCC2(O3)C1C(=O)Nc1cc(C)ccc1C. The van der Waals surface area contributed by atoms with Gasteiger partial charge in [-0.1, -0.05) is 19.1 Å². The van der Waals surface area contributed by atoms with Gasteiger partial charge in [0.1, 0.15) is 11.6 Å². The molecule has 3 fully saturated rings. The van der Waals surface area contributed by atoms with E-state index >= 15 is 0 Å². The van der Waals surface area contributed by atoms with Crippen molar-refractivity contribution in [2.75, 3.05) is 19.0 Å². The molecule has 3 N–H and O–H groups in total. The minimum absolute atomic E-state index is 0.250. The average molecular weight is 444 g/mol. The van der Waals surface area contributed by atoms with Gasteiger partial charge in [-0.25, -0.2) is 0 Å². The number of carbonyl (C=O) groups excluding carboxylic acids is 3.